The van der Waals surface area contributed by atoms with Crippen LogP contribution in [-0.4, -0.2) is 11.7 Å². The summed E-state index contributed by atoms with van der Waals surface area (Å²) in [5.41, 5.74) is 9.23. The molecule has 0 saturated carbocycles. The predicted molar refractivity (Wildman–Crippen MR) is 150 cm³/mol. The van der Waals surface area contributed by atoms with Gasteiger partial charge in [-0.15, -0.1) is 0 Å². The molecule has 0 spiro atoms. The molecule has 0 saturated heterocycles. The fraction of sp³-hybridized carbons (Fsp3) is 0.0909. The average Bonchev–Trinajstić information content (AvgIpc) is 3.23. The van der Waals surface area contributed by atoms with Crippen LogP contribution in [0.2, 0.25) is 0 Å². The zero-order chi connectivity index (χ0) is 24.4. The van der Waals surface area contributed by atoms with Gasteiger partial charge in [0.05, 0.1) is 18.1 Å². The zero-order valence-electron chi connectivity index (χ0n) is 20.5. The van der Waals surface area contributed by atoms with Crippen LogP contribution in [-0.2, 0) is 0 Å². The van der Waals surface area contributed by atoms with Crippen molar-refractivity contribution in [3.8, 4) is 11.4 Å². The third-order valence-electron chi connectivity index (χ3n) is 6.60. The third-order valence-corrected chi connectivity index (χ3v) is 6.60. The van der Waals surface area contributed by atoms with Crippen molar-refractivity contribution >= 4 is 33.0 Å². The molecule has 0 radical (unpaired) electrons. The van der Waals surface area contributed by atoms with Crippen LogP contribution in [0.5, 0.6) is 5.75 Å². The highest BCUT2D eigenvalue weighted by Crippen LogP contribution is 2.34. The maximum absolute atomic E-state index is 5.38. The van der Waals surface area contributed by atoms with Crippen molar-refractivity contribution in [2.24, 2.45) is 0 Å². The summed E-state index contributed by atoms with van der Waals surface area (Å²) in [5.74, 6) is 0.852. The minimum atomic E-state index is 0.852. The third kappa shape index (κ3) is 4.20. The Morgan fingerprint density at radius 3 is 2.26 bits per heavy atom. The molecule has 4 aromatic carbocycles. The van der Waals surface area contributed by atoms with E-state index in [1.807, 2.05) is 12.1 Å². The van der Waals surface area contributed by atoms with Crippen LogP contribution < -0.4 is 4.74 Å². The highest BCUT2D eigenvalue weighted by Gasteiger charge is 2.13. The van der Waals surface area contributed by atoms with E-state index >= 15 is 0 Å². The number of aryl methyl sites for hydroxylation is 1. The molecule has 0 fully saturated rings. The monoisotopic (exact) mass is 455 g/mol. The molecule has 5 rings (SSSR count). The van der Waals surface area contributed by atoms with E-state index in [1.165, 1.54) is 38.5 Å². The molecule has 5 aromatic rings. The van der Waals surface area contributed by atoms with Gasteiger partial charge in [0.25, 0.3) is 0 Å². The molecule has 0 aliphatic heterocycles. The molecule has 1 aromatic heterocycles. The molecule has 0 aliphatic carbocycles. The van der Waals surface area contributed by atoms with Crippen molar-refractivity contribution in [3.63, 3.8) is 0 Å². The maximum Gasteiger partial charge on any atom is 0.119 e. The summed E-state index contributed by atoms with van der Waals surface area (Å²) in [6.45, 7) is 8.51. The lowest BCUT2D eigenvalue weighted by Crippen LogP contribution is -1.94. The van der Waals surface area contributed by atoms with Crippen molar-refractivity contribution < 1.29 is 4.74 Å². The van der Waals surface area contributed by atoms with Gasteiger partial charge in [0, 0.05) is 16.5 Å². The molecule has 0 aliphatic rings. The van der Waals surface area contributed by atoms with Gasteiger partial charge in [-0.2, -0.15) is 0 Å². The van der Waals surface area contributed by atoms with Gasteiger partial charge in [-0.1, -0.05) is 79.4 Å². The number of allylic oxidation sites excluding steroid dienone is 5. The van der Waals surface area contributed by atoms with Crippen molar-refractivity contribution in [1.82, 2.24) is 4.57 Å². The van der Waals surface area contributed by atoms with Gasteiger partial charge < -0.3 is 9.30 Å². The SMILES string of the molecule is C=C(/C=C\C(=C/C)c1ccc2c3ccccc3n(-c3ccc(OC)cc3)c2c1)c1ccccc1C. The molecule has 2 nitrogen and oxygen atoms in total. The topological polar surface area (TPSA) is 14.2 Å². The predicted octanol–water partition coefficient (Wildman–Crippen LogP) is 8.77. The second-order valence-electron chi connectivity index (χ2n) is 8.70. The Morgan fingerprint density at radius 2 is 1.51 bits per heavy atom. The van der Waals surface area contributed by atoms with E-state index in [4.69, 9.17) is 4.74 Å². The molecule has 1 heterocycles. The van der Waals surface area contributed by atoms with Crippen LogP contribution in [0.4, 0.5) is 0 Å². The first-order valence-corrected chi connectivity index (χ1v) is 11.9. The summed E-state index contributed by atoms with van der Waals surface area (Å²) in [7, 11) is 1.70. The lowest BCUT2D eigenvalue weighted by molar-refractivity contribution is 0.415. The number of fused-ring (bicyclic) bond motifs is 3. The number of ether oxygens (including phenoxy) is 1. The normalized spacial score (nSPS) is 12.0. The van der Waals surface area contributed by atoms with Gasteiger partial charge in [0.15, 0.2) is 0 Å². The van der Waals surface area contributed by atoms with Crippen LogP contribution in [0.3, 0.4) is 0 Å². The Morgan fingerprint density at radius 1 is 0.800 bits per heavy atom. The minimum absolute atomic E-state index is 0.852. The Labute approximate surface area is 207 Å². The van der Waals surface area contributed by atoms with Crippen LogP contribution in [0.15, 0.2) is 116 Å². The highest BCUT2D eigenvalue weighted by molar-refractivity contribution is 6.10. The molecule has 0 bridgehead atoms. The number of rotatable bonds is 6. The molecule has 2 heteroatoms. The minimum Gasteiger partial charge on any atom is -0.497 e. The van der Waals surface area contributed by atoms with Gasteiger partial charge >= 0.3 is 0 Å². The molecule has 0 unspecified atom stereocenters. The van der Waals surface area contributed by atoms with Gasteiger partial charge in [-0.3, -0.25) is 0 Å². The first-order chi connectivity index (χ1) is 17.1. The number of hydrogen-bond donors (Lipinski definition) is 0. The number of methoxy groups -OCH3 is 1. The summed E-state index contributed by atoms with van der Waals surface area (Å²) in [6.07, 6.45) is 6.43. The van der Waals surface area contributed by atoms with Crippen LogP contribution >= 0.6 is 0 Å². The average molecular weight is 456 g/mol. The Bertz CT molecular complexity index is 1600. The van der Waals surface area contributed by atoms with Crippen LogP contribution in [0.1, 0.15) is 23.6 Å². The van der Waals surface area contributed by atoms with Crippen LogP contribution in [0, 0.1) is 6.92 Å². The molecule has 0 amide bonds. The van der Waals surface area contributed by atoms with Crippen molar-refractivity contribution in [1.29, 1.82) is 0 Å². The molecule has 0 atom stereocenters. The molecule has 0 N–H and O–H groups in total. The highest BCUT2D eigenvalue weighted by atomic mass is 16.5. The van der Waals surface area contributed by atoms with E-state index in [2.05, 4.69) is 122 Å². The Balaban J connectivity index is 1.60. The van der Waals surface area contributed by atoms with Crippen LogP contribution in [0.25, 0.3) is 38.6 Å². The Hall–Kier alpha value is -4.30. The summed E-state index contributed by atoms with van der Waals surface area (Å²) in [5, 5.41) is 2.49. The summed E-state index contributed by atoms with van der Waals surface area (Å²) in [4.78, 5) is 0. The lowest BCUT2D eigenvalue weighted by Gasteiger charge is -2.10. The smallest absolute Gasteiger partial charge is 0.119 e. The number of aromatic nitrogens is 1. The van der Waals surface area contributed by atoms with Crippen molar-refractivity contribution in [3.05, 3.63) is 132 Å². The maximum atomic E-state index is 5.38. The van der Waals surface area contributed by atoms with E-state index < -0.39 is 0 Å². The summed E-state index contributed by atoms with van der Waals surface area (Å²) >= 11 is 0. The van der Waals surface area contributed by atoms with Gasteiger partial charge in [-0.05, 0) is 78.1 Å². The van der Waals surface area contributed by atoms with E-state index in [9.17, 15) is 0 Å². The first kappa shape index (κ1) is 22.5. The largest absolute Gasteiger partial charge is 0.497 e. The van der Waals surface area contributed by atoms with Gasteiger partial charge in [0.2, 0.25) is 0 Å². The van der Waals surface area contributed by atoms with Gasteiger partial charge in [-0.25, -0.2) is 0 Å². The fourth-order valence-corrected chi connectivity index (χ4v) is 4.73. The van der Waals surface area contributed by atoms with Crippen molar-refractivity contribution in [2.45, 2.75) is 13.8 Å². The molecular formula is C33H29NO. The fourth-order valence-electron chi connectivity index (χ4n) is 4.73. The Kier molecular flexibility index (Phi) is 6.12. The van der Waals surface area contributed by atoms with E-state index in [0.29, 0.717) is 0 Å². The standard InChI is InChI=1S/C33H29NO/c1-5-25(15-14-24(3)29-11-7-6-10-23(29)2)26-16-21-31-30-12-8-9-13-32(30)34(33(31)22-26)27-17-19-28(35-4)20-18-27/h5-22H,3H2,1-2,4H3/b15-14-,25-5+. The molecule has 35 heavy (non-hydrogen) atoms. The van der Waals surface area contributed by atoms with Crippen molar-refractivity contribution in [2.75, 3.05) is 7.11 Å². The quantitative estimate of drug-likeness (QED) is 0.233. The van der Waals surface area contributed by atoms with E-state index in [0.717, 1.165) is 22.6 Å². The summed E-state index contributed by atoms with van der Waals surface area (Å²) in [6, 6.07) is 31.9. The first-order valence-electron chi connectivity index (χ1n) is 11.9. The van der Waals surface area contributed by atoms with E-state index in [-0.39, 0.29) is 0 Å². The lowest BCUT2D eigenvalue weighted by atomic mass is 9.98. The number of para-hydroxylation sites is 1. The zero-order valence-corrected chi connectivity index (χ0v) is 20.5. The number of nitrogens with zero attached hydrogens (tertiary/aromatic N) is 1. The number of hydrogen-bond acceptors (Lipinski definition) is 1. The molecular weight excluding hydrogens is 426 g/mol. The summed E-state index contributed by atoms with van der Waals surface area (Å²) < 4.78 is 7.71. The second kappa shape index (κ2) is 9.52. The van der Waals surface area contributed by atoms with E-state index in [1.54, 1.807) is 7.11 Å². The second-order valence-corrected chi connectivity index (χ2v) is 8.70. The van der Waals surface area contributed by atoms with Gasteiger partial charge in [0.1, 0.15) is 5.75 Å². The number of benzene rings is 4. The molecule has 172 valence electrons.